The zero-order chi connectivity index (χ0) is 18.0. The highest BCUT2D eigenvalue weighted by atomic mass is 127. The van der Waals surface area contributed by atoms with E-state index in [0.717, 1.165) is 22.5 Å². The van der Waals surface area contributed by atoms with E-state index in [-0.39, 0.29) is 55.5 Å². The molecule has 6 nitrogen and oxygen atoms in total. The maximum Gasteiger partial charge on any atom is 0.289 e. The van der Waals surface area contributed by atoms with Crippen molar-refractivity contribution in [2.45, 2.75) is 26.4 Å². The Morgan fingerprint density at radius 2 is 1.92 bits per heavy atom. The molecule has 0 bridgehead atoms. The van der Waals surface area contributed by atoms with Crippen molar-refractivity contribution in [3.05, 3.63) is 59.4 Å². The van der Waals surface area contributed by atoms with Gasteiger partial charge in [0.25, 0.3) is 11.8 Å². The molecule has 26 heavy (non-hydrogen) atoms. The van der Waals surface area contributed by atoms with Crippen LogP contribution in [-0.4, -0.2) is 35.0 Å². The zero-order valence-corrected chi connectivity index (χ0v) is 16.9. The van der Waals surface area contributed by atoms with Crippen molar-refractivity contribution in [2.75, 3.05) is 18.5 Å². The molecule has 138 valence electrons. The number of aliphatic hydroxyl groups is 1. The smallest absolute Gasteiger partial charge is 0.289 e. The summed E-state index contributed by atoms with van der Waals surface area (Å²) in [6.07, 6.45) is 1.79. The number of pyridine rings is 1. The number of nitrogens with zero attached hydrogens (tertiary/aromatic N) is 2. The SMILES string of the molecule is Cc1cccc(C)c1NC(=O)C1c2cccc[n+]2CC(=O)N1CCO.[I-]. The Morgan fingerprint density at radius 1 is 1.23 bits per heavy atom. The van der Waals surface area contributed by atoms with Crippen molar-refractivity contribution >= 4 is 17.5 Å². The molecule has 1 atom stereocenters. The maximum absolute atomic E-state index is 13.1. The molecule has 0 saturated carbocycles. The highest BCUT2D eigenvalue weighted by Crippen LogP contribution is 2.26. The predicted molar refractivity (Wildman–Crippen MR) is 92.7 cm³/mol. The van der Waals surface area contributed by atoms with Gasteiger partial charge in [0.2, 0.25) is 12.2 Å². The Labute approximate surface area is 169 Å². The van der Waals surface area contributed by atoms with Crippen LogP contribution < -0.4 is 33.9 Å². The Hall–Kier alpha value is -2.00. The van der Waals surface area contributed by atoms with Crippen LogP contribution in [0, 0.1) is 13.8 Å². The minimum atomic E-state index is -0.770. The molecule has 2 N–H and O–H groups in total. The van der Waals surface area contributed by atoms with E-state index in [4.69, 9.17) is 0 Å². The quantitative estimate of drug-likeness (QED) is 0.408. The van der Waals surface area contributed by atoms with Gasteiger partial charge >= 0.3 is 0 Å². The maximum atomic E-state index is 13.1. The van der Waals surface area contributed by atoms with E-state index < -0.39 is 6.04 Å². The number of hydrogen-bond acceptors (Lipinski definition) is 3. The van der Waals surface area contributed by atoms with Gasteiger partial charge < -0.3 is 39.3 Å². The monoisotopic (exact) mass is 467 g/mol. The third-order valence-corrected chi connectivity index (χ3v) is 4.51. The number of aryl methyl sites for hydroxylation is 2. The molecular formula is C19H22IN3O3. The van der Waals surface area contributed by atoms with Gasteiger partial charge in [0, 0.05) is 24.4 Å². The largest absolute Gasteiger partial charge is 1.00 e. The first-order valence-corrected chi connectivity index (χ1v) is 8.28. The van der Waals surface area contributed by atoms with Gasteiger partial charge in [-0.1, -0.05) is 24.3 Å². The molecule has 1 aromatic heterocycles. The summed E-state index contributed by atoms with van der Waals surface area (Å²) in [4.78, 5) is 27.0. The second-order valence-electron chi connectivity index (χ2n) is 6.22. The fraction of sp³-hybridized carbons (Fsp3) is 0.316. The molecule has 1 unspecified atom stereocenters. The molecule has 1 aromatic carbocycles. The van der Waals surface area contributed by atoms with E-state index >= 15 is 0 Å². The van der Waals surface area contributed by atoms with Gasteiger partial charge in [-0.05, 0) is 25.0 Å². The van der Waals surface area contributed by atoms with Crippen molar-refractivity contribution in [1.82, 2.24) is 4.90 Å². The molecule has 0 spiro atoms. The summed E-state index contributed by atoms with van der Waals surface area (Å²) in [5.41, 5.74) is 3.42. The first-order chi connectivity index (χ1) is 12.0. The van der Waals surface area contributed by atoms with E-state index in [2.05, 4.69) is 5.32 Å². The van der Waals surface area contributed by atoms with Gasteiger partial charge in [-0.25, -0.2) is 0 Å². The molecule has 2 aromatic rings. The van der Waals surface area contributed by atoms with Gasteiger partial charge in [0.05, 0.1) is 6.61 Å². The summed E-state index contributed by atoms with van der Waals surface area (Å²) in [7, 11) is 0. The lowest BCUT2D eigenvalue weighted by Crippen LogP contribution is -3.00. The van der Waals surface area contributed by atoms with Crippen molar-refractivity contribution in [3.8, 4) is 0 Å². The number of rotatable bonds is 4. The highest BCUT2D eigenvalue weighted by molar-refractivity contribution is 5.98. The van der Waals surface area contributed by atoms with Crippen LogP contribution in [0.5, 0.6) is 0 Å². The van der Waals surface area contributed by atoms with Crippen molar-refractivity contribution in [2.24, 2.45) is 0 Å². The summed E-state index contributed by atoms with van der Waals surface area (Å²) in [6.45, 7) is 3.97. The summed E-state index contributed by atoms with van der Waals surface area (Å²) >= 11 is 0. The number of β-amino-alcohol motifs (C(OH)–C–C–N with tert-alkyl or cyclic N) is 1. The Bertz CT molecular complexity index is 805. The first kappa shape index (κ1) is 20.3. The summed E-state index contributed by atoms with van der Waals surface area (Å²) in [5, 5.41) is 12.3. The predicted octanol–water partition coefficient (Wildman–Crippen LogP) is -1.89. The third kappa shape index (κ3) is 3.88. The van der Waals surface area contributed by atoms with Crippen molar-refractivity contribution in [1.29, 1.82) is 0 Å². The lowest BCUT2D eigenvalue weighted by Gasteiger charge is -2.31. The number of anilines is 1. The number of hydrogen-bond donors (Lipinski definition) is 2. The van der Waals surface area contributed by atoms with Crippen LogP contribution >= 0.6 is 0 Å². The molecule has 3 rings (SSSR count). The molecule has 7 heteroatoms. The van der Waals surface area contributed by atoms with Gasteiger partial charge in [0.15, 0.2) is 12.2 Å². The summed E-state index contributed by atoms with van der Waals surface area (Å²) in [5.74, 6) is -0.460. The number of nitrogens with one attached hydrogen (secondary N) is 1. The van der Waals surface area contributed by atoms with Crippen LogP contribution in [0.1, 0.15) is 22.9 Å². The highest BCUT2D eigenvalue weighted by Gasteiger charge is 2.42. The molecule has 0 saturated heterocycles. The number of carbonyl (C=O) groups excluding carboxylic acids is 2. The number of benzene rings is 1. The van der Waals surface area contributed by atoms with Gasteiger partial charge in [0.1, 0.15) is 0 Å². The average Bonchev–Trinajstić information content (AvgIpc) is 2.59. The standard InChI is InChI=1S/C19H21N3O3.HI/c1-13-6-5-7-14(2)17(13)20-19(25)18-15-8-3-4-9-21(15)12-16(24)22(18)10-11-23;/h3-9,18,23H,10-12H2,1-2H3;1H. The fourth-order valence-corrected chi connectivity index (χ4v) is 3.26. The van der Waals surface area contributed by atoms with Crippen LogP contribution in [0.25, 0.3) is 0 Å². The number of fused-ring (bicyclic) bond motifs is 1. The average molecular weight is 467 g/mol. The van der Waals surface area contributed by atoms with E-state index in [9.17, 15) is 14.7 Å². The van der Waals surface area contributed by atoms with E-state index in [1.54, 1.807) is 10.8 Å². The fourth-order valence-electron chi connectivity index (χ4n) is 3.26. The molecule has 0 fully saturated rings. The van der Waals surface area contributed by atoms with Crippen LogP contribution in [0.2, 0.25) is 0 Å². The number of amides is 2. The van der Waals surface area contributed by atoms with Crippen LogP contribution in [0.4, 0.5) is 5.69 Å². The topological polar surface area (TPSA) is 73.5 Å². The molecule has 1 aliphatic heterocycles. The van der Waals surface area contributed by atoms with E-state index in [1.807, 2.05) is 50.2 Å². The lowest BCUT2D eigenvalue weighted by atomic mass is 10.0. The molecule has 2 heterocycles. The van der Waals surface area contributed by atoms with Crippen molar-refractivity contribution < 1.29 is 43.2 Å². The second-order valence-corrected chi connectivity index (χ2v) is 6.22. The molecule has 1 aliphatic rings. The first-order valence-electron chi connectivity index (χ1n) is 8.28. The lowest BCUT2D eigenvalue weighted by molar-refractivity contribution is -0.698. The van der Waals surface area contributed by atoms with Crippen LogP contribution in [-0.2, 0) is 16.1 Å². The summed E-state index contributed by atoms with van der Waals surface area (Å²) in [6, 6.07) is 10.6. The van der Waals surface area contributed by atoms with Gasteiger partial charge in [-0.15, -0.1) is 0 Å². The number of halogens is 1. The van der Waals surface area contributed by atoms with E-state index in [0.29, 0.717) is 0 Å². The number of aromatic nitrogens is 1. The molecule has 0 aliphatic carbocycles. The number of carbonyl (C=O) groups is 2. The van der Waals surface area contributed by atoms with Gasteiger partial charge in [-0.2, -0.15) is 4.57 Å². The van der Waals surface area contributed by atoms with E-state index in [1.165, 1.54) is 4.90 Å². The Kier molecular flexibility index (Phi) is 6.71. The van der Waals surface area contributed by atoms with Gasteiger partial charge in [-0.3, -0.25) is 9.59 Å². The number of aliphatic hydroxyl groups excluding tert-OH is 1. The van der Waals surface area contributed by atoms with Crippen molar-refractivity contribution in [3.63, 3.8) is 0 Å². The Balaban J connectivity index is 0.00000243. The minimum absolute atomic E-state index is 0. The third-order valence-electron chi connectivity index (χ3n) is 4.51. The summed E-state index contributed by atoms with van der Waals surface area (Å²) < 4.78 is 1.78. The second kappa shape index (κ2) is 8.59. The molecule has 2 amide bonds. The number of para-hydroxylation sites is 1. The molecular weight excluding hydrogens is 445 g/mol. The minimum Gasteiger partial charge on any atom is -1.00 e. The Morgan fingerprint density at radius 3 is 2.58 bits per heavy atom. The molecule has 0 radical (unpaired) electrons. The van der Waals surface area contributed by atoms with Crippen LogP contribution in [0.3, 0.4) is 0 Å². The van der Waals surface area contributed by atoms with Crippen LogP contribution in [0.15, 0.2) is 42.6 Å². The normalized spacial score (nSPS) is 15.9. The zero-order valence-electron chi connectivity index (χ0n) is 14.8.